The average molecular weight is 528 g/mol. The Morgan fingerprint density at radius 1 is 1.00 bits per heavy atom. The van der Waals surface area contributed by atoms with E-state index < -0.39 is 23.3 Å². The molecule has 3 heterocycles. The molecule has 200 valence electrons. The summed E-state index contributed by atoms with van der Waals surface area (Å²) in [5.41, 5.74) is -0.996. The molecular formula is C27H28F3N5O3. The minimum absolute atomic E-state index is 0.00545. The highest BCUT2D eigenvalue weighted by Gasteiger charge is 2.39. The molecule has 0 spiro atoms. The standard InChI is InChI=1S/C27H28F3N5O3/c28-27(29,30)25-21(18-35(33-25)20-7-2-1-3-8-20)26(38)32-14-6-10-24(37)34-15-11-19(12-16-34)17-23(36)22-9-4-5-13-31-22/h1-5,7-9,13,18-19H,6,10-12,14-17H2,(H,32,38). The molecule has 11 heteroatoms. The van der Waals surface area contributed by atoms with E-state index in [9.17, 15) is 27.6 Å². The Hall–Kier alpha value is -4.02. The normalized spacial score (nSPS) is 14.3. The van der Waals surface area contributed by atoms with Gasteiger partial charge in [0.15, 0.2) is 11.5 Å². The predicted molar refractivity (Wildman–Crippen MR) is 133 cm³/mol. The van der Waals surface area contributed by atoms with Crippen LogP contribution in [0.5, 0.6) is 0 Å². The van der Waals surface area contributed by atoms with Crippen molar-refractivity contribution in [2.45, 2.75) is 38.3 Å². The number of para-hydroxylation sites is 1. The van der Waals surface area contributed by atoms with Gasteiger partial charge < -0.3 is 10.2 Å². The SMILES string of the molecule is O=C(CC1CCN(C(=O)CCCNC(=O)c2cn(-c3ccccc3)nc2C(F)(F)F)CC1)c1ccccn1. The van der Waals surface area contributed by atoms with Gasteiger partial charge >= 0.3 is 6.18 Å². The number of benzene rings is 1. The zero-order valence-corrected chi connectivity index (χ0v) is 20.7. The van der Waals surface area contributed by atoms with E-state index in [0.717, 1.165) is 10.9 Å². The Kier molecular flexibility index (Phi) is 8.55. The van der Waals surface area contributed by atoms with E-state index in [4.69, 9.17) is 0 Å². The van der Waals surface area contributed by atoms with Gasteiger partial charge in [-0.25, -0.2) is 4.68 Å². The fourth-order valence-electron chi connectivity index (χ4n) is 4.44. The van der Waals surface area contributed by atoms with Crippen LogP contribution >= 0.6 is 0 Å². The molecule has 0 radical (unpaired) electrons. The zero-order valence-electron chi connectivity index (χ0n) is 20.7. The van der Waals surface area contributed by atoms with Crippen LogP contribution < -0.4 is 5.32 Å². The number of pyridine rings is 1. The Balaban J connectivity index is 1.22. The number of ketones is 1. The van der Waals surface area contributed by atoms with E-state index in [-0.39, 0.29) is 37.0 Å². The maximum absolute atomic E-state index is 13.5. The summed E-state index contributed by atoms with van der Waals surface area (Å²) in [6.45, 7) is 1.13. The molecule has 1 aliphatic rings. The largest absolute Gasteiger partial charge is 0.435 e. The maximum atomic E-state index is 13.5. The molecule has 2 amide bonds. The monoisotopic (exact) mass is 527 g/mol. The summed E-state index contributed by atoms with van der Waals surface area (Å²) >= 11 is 0. The molecule has 1 N–H and O–H groups in total. The third-order valence-corrected chi connectivity index (χ3v) is 6.49. The van der Waals surface area contributed by atoms with Crippen molar-refractivity contribution in [1.82, 2.24) is 25.0 Å². The molecule has 2 aromatic heterocycles. The van der Waals surface area contributed by atoms with Gasteiger partial charge in [0.05, 0.1) is 11.3 Å². The minimum atomic E-state index is -4.79. The molecule has 0 atom stereocenters. The van der Waals surface area contributed by atoms with E-state index >= 15 is 0 Å². The summed E-state index contributed by atoms with van der Waals surface area (Å²) in [7, 11) is 0. The number of alkyl halides is 3. The van der Waals surface area contributed by atoms with E-state index in [1.807, 2.05) is 0 Å². The Bertz CT molecular complexity index is 1250. The molecule has 0 saturated carbocycles. The highest BCUT2D eigenvalue weighted by Crippen LogP contribution is 2.31. The van der Waals surface area contributed by atoms with Crippen LogP contribution in [0.25, 0.3) is 5.69 Å². The van der Waals surface area contributed by atoms with E-state index in [2.05, 4.69) is 15.4 Å². The predicted octanol–water partition coefficient (Wildman–Crippen LogP) is 4.31. The molecule has 38 heavy (non-hydrogen) atoms. The summed E-state index contributed by atoms with van der Waals surface area (Å²) in [6.07, 6.45) is 0.123. The summed E-state index contributed by atoms with van der Waals surface area (Å²) < 4.78 is 41.5. The third kappa shape index (κ3) is 6.84. The Labute approximate surface area is 217 Å². The molecule has 0 bridgehead atoms. The van der Waals surface area contributed by atoms with Crippen LogP contribution in [0.15, 0.2) is 60.9 Å². The Morgan fingerprint density at radius 2 is 1.71 bits per heavy atom. The van der Waals surface area contributed by atoms with Gasteiger partial charge in [-0.3, -0.25) is 19.4 Å². The molecule has 1 fully saturated rings. The molecule has 0 aliphatic carbocycles. The second kappa shape index (κ2) is 12.0. The van der Waals surface area contributed by atoms with Crippen molar-refractivity contribution < 1.29 is 27.6 Å². The number of nitrogens with one attached hydrogen (secondary N) is 1. The first-order valence-electron chi connectivity index (χ1n) is 12.4. The van der Waals surface area contributed by atoms with Crippen molar-refractivity contribution in [1.29, 1.82) is 0 Å². The van der Waals surface area contributed by atoms with Gasteiger partial charge in [-0.1, -0.05) is 24.3 Å². The lowest BCUT2D eigenvalue weighted by Gasteiger charge is -2.31. The van der Waals surface area contributed by atoms with Crippen LogP contribution in [0, 0.1) is 5.92 Å². The number of halogens is 3. The van der Waals surface area contributed by atoms with Crippen LogP contribution in [0.2, 0.25) is 0 Å². The molecular weight excluding hydrogens is 499 g/mol. The number of amides is 2. The molecule has 8 nitrogen and oxygen atoms in total. The number of aromatic nitrogens is 3. The summed E-state index contributed by atoms with van der Waals surface area (Å²) in [6, 6.07) is 13.4. The summed E-state index contributed by atoms with van der Waals surface area (Å²) in [4.78, 5) is 43.3. The molecule has 3 aromatic rings. The van der Waals surface area contributed by atoms with Crippen LogP contribution in [-0.4, -0.2) is 56.9 Å². The smallest absolute Gasteiger partial charge is 0.352 e. The summed E-state index contributed by atoms with van der Waals surface area (Å²) in [5, 5.41) is 6.05. The van der Waals surface area contributed by atoms with Crippen molar-refractivity contribution in [3.63, 3.8) is 0 Å². The van der Waals surface area contributed by atoms with Gasteiger partial charge in [0, 0.05) is 44.9 Å². The van der Waals surface area contributed by atoms with Gasteiger partial charge in [0.2, 0.25) is 5.91 Å². The van der Waals surface area contributed by atoms with Gasteiger partial charge in [-0.2, -0.15) is 18.3 Å². The van der Waals surface area contributed by atoms with Crippen molar-refractivity contribution >= 4 is 17.6 Å². The number of carbonyl (C=O) groups excluding carboxylic acids is 3. The van der Waals surface area contributed by atoms with Crippen LogP contribution in [0.3, 0.4) is 0 Å². The number of nitrogens with zero attached hydrogens (tertiary/aromatic N) is 4. The number of carbonyl (C=O) groups is 3. The van der Waals surface area contributed by atoms with Gasteiger partial charge in [0.1, 0.15) is 5.69 Å². The first-order valence-corrected chi connectivity index (χ1v) is 12.4. The third-order valence-electron chi connectivity index (χ3n) is 6.49. The van der Waals surface area contributed by atoms with Crippen molar-refractivity contribution in [2.24, 2.45) is 5.92 Å². The van der Waals surface area contributed by atoms with E-state index in [1.165, 1.54) is 0 Å². The summed E-state index contributed by atoms with van der Waals surface area (Å²) in [5.74, 6) is -0.798. The van der Waals surface area contributed by atoms with Crippen LogP contribution in [-0.2, 0) is 11.0 Å². The number of hydrogen-bond acceptors (Lipinski definition) is 5. The number of hydrogen-bond donors (Lipinski definition) is 1. The van der Waals surface area contributed by atoms with Crippen LogP contribution in [0.1, 0.15) is 58.6 Å². The quantitative estimate of drug-likeness (QED) is 0.331. The molecule has 0 unspecified atom stereocenters. The number of rotatable bonds is 9. The van der Waals surface area contributed by atoms with Gasteiger partial charge in [0.25, 0.3) is 5.91 Å². The first kappa shape index (κ1) is 27.0. The zero-order chi connectivity index (χ0) is 27.1. The van der Waals surface area contributed by atoms with Crippen LogP contribution in [0.4, 0.5) is 13.2 Å². The second-order valence-corrected chi connectivity index (χ2v) is 9.20. The number of piperidine rings is 1. The lowest BCUT2D eigenvalue weighted by molar-refractivity contribution is -0.141. The van der Waals surface area contributed by atoms with Gasteiger partial charge in [-0.15, -0.1) is 0 Å². The molecule has 1 aromatic carbocycles. The number of Topliss-reactive ketones (excluding diaryl/α,β-unsaturated/α-hetero) is 1. The highest BCUT2D eigenvalue weighted by atomic mass is 19.4. The van der Waals surface area contributed by atoms with Gasteiger partial charge in [-0.05, 0) is 49.4 Å². The highest BCUT2D eigenvalue weighted by molar-refractivity contribution is 5.95. The fraction of sp³-hybridized carbons (Fsp3) is 0.370. The Morgan fingerprint density at radius 3 is 2.37 bits per heavy atom. The van der Waals surface area contributed by atoms with Crippen molar-refractivity contribution in [2.75, 3.05) is 19.6 Å². The fourth-order valence-corrected chi connectivity index (χ4v) is 4.44. The minimum Gasteiger partial charge on any atom is -0.352 e. The molecule has 1 saturated heterocycles. The maximum Gasteiger partial charge on any atom is 0.435 e. The van der Waals surface area contributed by atoms with Crippen molar-refractivity contribution in [3.8, 4) is 5.69 Å². The van der Waals surface area contributed by atoms with E-state index in [0.29, 0.717) is 43.7 Å². The van der Waals surface area contributed by atoms with E-state index in [1.54, 1.807) is 59.6 Å². The second-order valence-electron chi connectivity index (χ2n) is 9.20. The van der Waals surface area contributed by atoms with Crippen molar-refractivity contribution in [3.05, 3.63) is 77.9 Å². The lowest BCUT2D eigenvalue weighted by Crippen LogP contribution is -2.39. The first-order chi connectivity index (χ1) is 18.2. The average Bonchev–Trinajstić information content (AvgIpc) is 3.39. The number of likely N-dealkylation sites (tertiary alicyclic amines) is 1. The topological polar surface area (TPSA) is 97.2 Å². The molecule has 4 rings (SSSR count). The molecule has 1 aliphatic heterocycles. The lowest BCUT2D eigenvalue weighted by atomic mass is 9.90.